The second-order valence-corrected chi connectivity index (χ2v) is 4.66. The van der Waals surface area contributed by atoms with Gasteiger partial charge in [-0.3, -0.25) is 9.48 Å². The summed E-state index contributed by atoms with van der Waals surface area (Å²) in [7, 11) is 0. The summed E-state index contributed by atoms with van der Waals surface area (Å²) in [5.74, 6) is 0.536. The minimum atomic E-state index is 0.0772. The third-order valence-corrected chi connectivity index (χ3v) is 3.26. The number of rotatable bonds is 5. The van der Waals surface area contributed by atoms with Gasteiger partial charge >= 0.3 is 0 Å². The minimum absolute atomic E-state index is 0.0772. The number of aryl methyl sites for hydroxylation is 1. The lowest BCUT2D eigenvalue weighted by molar-refractivity contribution is 0.0660. The first-order valence-corrected chi connectivity index (χ1v) is 6.34. The molecular weight excluding hydrogens is 214 g/mol. The number of carbonyl (C=O) groups is 1. The normalized spacial score (nSPS) is 12.8. The van der Waals surface area contributed by atoms with Crippen LogP contribution in [0, 0.1) is 5.92 Å². The zero-order chi connectivity index (χ0) is 13.0. The van der Waals surface area contributed by atoms with E-state index in [1.54, 1.807) is 10.9 Å². The van der Waals surface area contributed by atoms with Crippen LogP contribution < -0.4 is 0 Å². The molecule has 1 amide bonds. The molecule has 0 saturated heterocycles. The van der Waals surface area contributed by atoms with Crippen molar-refractivity contribution in [1.29, 1.82) is 0 Å². The summed E-state index contributed by atoms with van der Waals surface area (Å²) in [6, 6.07) is 0.248. The molecule has 1 atom stereocenters. The topological polar surface area (TPSA) is 38.1 Å². The third kappa shape index (κ3) is 3.08. The molecule has 0 aliphatic heterocycles. The summed E-state index contributed by atoms with van der Waals surface area (Å²) in [6.07, 6.45) is 3.47. The van der Waals surface area contributed by atoms with Crippen LogP contribution in [0.15, 0.2) is 12.4 Å². The van der Waals surface area contributed by atoms with Gasteiger partial charge in [0.1, 0.15) is 0 Å². The summed E-state index contributed by atoms with van der Waals surface area (Å²) >= 11 is 0. The lowest BCUT2D eigenvalue weighted by Crippen LogP contribution is -2.41. The summed E-state index contributed by atoms with van der Waals surface area (Å²) < 4.78 is 1.78. The number of aromatic nitrogens is 2. The van der Waals surface area contributed by atoms with Crippen molar-refractivity contribution >= 4 is 5.91 Å². The molecule has 0 saturated carbocycles. The van der Waals surface area contributed by atoms with Gasteiger partial charge in [0.05, 0.1) is 11.8 Å². The Labute approximate surface area is 104 Å². The first-order valence-electron chi connectivity index (χ1n) is 6.34. The van der Waals surface area contributed by atoms with Crippen LogP contribution in [0.3, 0.4) is 0 Å². The van der Waals surface area contributed by atoms with Gasteiger partial charge in [0.15, 0.2) is 0 Å². The van der Waals surface area contributed by atoms with E-state index >= 15 is 0 Å². The molecule has 0 aliphatic rings. The fourth-order valence-electron chi connectivity index (χ4n) is 1.79. The Hall–Kier alpha value is -1.32. The highest BCUT2D eigenvalue weighted by Crippen LogP contribution is 2.13. The van der Waals surface area contributed by atoms with Crippen molar-refractivity contribution in [2.24, 2.45) is 5.92 Å². The Bertz CT molecular complexity index is 370. The molecule has 0 aliphatic carbocycles. The monoisotopic (exact) mass is 237 g/mol. The van der Waals surface area contributed by atoms with Crippen LogP contribution >= 0.6 is 0 Å². The highest BCUT2D eigenvalue weighted by Gasteiger charge is 2.22. The van der Waals surface area contributed by atoms with E-state index in [0.29, 0.717) is 11.5 Å². The van der Waals surface area contributed by atoms with Crippen molar-refractivity contribution in [2.45, 2.75) is 47.2 Å². The van der Waals surface area contributed by atoms with Crippen molar-refractivity contribution in [3.63, 3.8) is 0 Å². The van der Waals surface area contributed by atoms with Gasteiger partial charge in [-0.15, -0.1) is 0 Å². The van der Waals surface area contributed by atoms with E-state index in [-0.39, 0.29) is 11.9 Å². The molecule has 1 aromatic rings. The van der Waals surface area contributed by atoms with E-state index in [1.807, 2.05) is 24.9 Å². The van der Waals surface area contributed by atoms with Crippen molar-refractivity contribution < 1.29 is 4.79 Å². The van der Waals surface area contributed by atoms with Crippen LogP contribution in [0.25, 0.3) is 0 Å². The van der Waals surface area contributed by atoms with Crippen LogP contribution in [0.5, 0.6) is 0 Å². The lowest BCUT2D eigenvalue weighted by Gasteiger charge is -2.30. The molecule has 0 fully saturated rings. The minimum Gasteiger partial charge on any atom is -0.336 e. The molecule has 0 N–H and O–H groups in total. The maximum atomic E-state index is 12.3. The highest BCUT2D eigenvalue weighted by atomic mass is 16.2. The molecule has 0 radical (unpaired) electrons. The molecule has 0 spiro atoms. The number of amides is 1. The van der Waals surface area contributed by atoms with E-state index in [0.717, 1.165) is 13.1 Å². The molecule has 1 heterocycles. The van der Waals surface area contributed by atoms with Crippen molar-refractivity contribution in [2.75, 3.05) is 6.54 Å². The average molecular weight is 237 g/mol. The number of hydrogen-bond acceptors (Lipinski definition) is 2. The van der Waals surface area contributed by atoms with E-state index in [9.17, 15) is 4.79 Å². The first-order chi connectivity index (χ1) is 8.01. The maximum Gasteiger partial charge on any atom is 0.257 e. The van der Waals surface area contributed by atoms with E-state index in [1.165, 1.54) is 0 Å². The predicted molar refractivity (Wildman–Crippen MR) is 68.9 cm³/mol. The smallest absolute Gasteiger partial charge is 0.257 e. The summed E-state index contributed by atoms with van der Waals surface area (Å²) in [5.41, 5.74) is 0.682. The van der Waals surface area contributed by atoms with Gasteiger partial charge in [-0.1, -0.05) is 13.8 Å². The molecule has 0 bridgehead atoms. The van der Waals surface area contributed by atoms with E-state index in [4.69, 9.17) is 0 Å². The second-order valence-electron chi connectivity index (χ2n) is 4.66. The SMILES string of the molecule is CCN(C(=O)c1cnn(CC)c1)C(C)C(C)C. The zero-order valence-corrected chi connectivity index (χ0v) is 11.5. The lowest BCUT2D eigenvalue weighted by atomic mass is 10.0. The van der Waals surface area contributed by atoms with Crippen LogP contribution in [-0.4, -0.2) is 33.2 Å². The largest absolute Gasteiger partial charge is 0.336 e. The average Bonchev–Trinajstić information content (AvgIpc) is 2.77. The van der Waals surface area contributed by atoms with Gasteiger partial charge in [-0.2, -0.15) is 5.10 Å². The Morgan fingerprint density at radius 3 is 2.47 bits per heavy atom. The molecule has 17 heavy (non-hydrogen) atoms. The van der Waals surface area contributed by atoms with Crippen LogP contribution in [-0.2, 0) is 6.54 Å². The van der Waals surface area contributed by atoms with Gasteiger partial charge in [0.25, 0.3) is 5.91 Å². The summed E-state index contributed by atoms with van der Waals surface area (Å²) in [4.78, 5) is 14.2. The van der Waals surface area contributed by atoms with Crippen LogP contribution in [0.1, 0.15) is 45.0 Å². The van der Waals surface area contributed by atoms with E-state index in [2.05, 4.69) is 25.9 Å². The van der Waals surface area contributed by atoms with Crippen molar-refractivity contribution in [3.05, 3.63) is 18.0 Å². The van der Waals surface area contributed by atoms with Crippen LogP contribution in [0.2, 0.25) is 0 Å². The Balaban J connectivity index is 2.85. The second kappa shape index (κ2) is 5.84. The molecule has 96 valence electrons. The zero-order valence-electron chi connectivity index (χ0n) is 11.5. The van der Waals surface area contributed by atoms with Gasteiger partial charge in [0.2, 0.25) is 0 Å². The van der Waals surface area contributed by atoms with Crippen molar-refractivity contribution in [1.82, 2.24) is 14.7 Å². The number of nitrogens with zero attached hydrogens (tertiary/aromatic N) is 3. The molecule has 4 nitrogen and oxygen atoms in total. The number of hydrogen-bond donors (Lipinski definition) is 0. The van der Waals surface area contributed by atoms with E-state index < -0.39 is 0 Å². The van der Waals surface area contributed by atoms with Gasteiger partial charge < -0.3 is 4.90 Å². The quantitative estimate of drug-likeness (QED) is 0.788. The fourth-order valence-corrected chi connectivity index (χ4v) is 1.79. The summed E-state index contributed by atoms with van der Waals surface area (Å²) in [6.45, 7) is 11.9. The molecule has 1 unspecified atom stereocenters. The van der Waals surface area contributed by atoms with Crippen LogP contribution in [0.4, 0.5) is 0 Å². The Morgan fingerprint density at radius 1 is 1.41 bits per heavy atom. The fraction of sp³-hybridized carbons (Fsp3) is 0.692. The molecule has 1 aromatic heterocycles. The maximum absolute atomic E-state index is 12.3. The highest BCUT2D eigenvalue weighted by molar-refractivity contribution is 5.93. The van der Waals surface area contributed by atoms with Gasteiger partial charge in [-0.05, 0) is 26.7 Å². The predicted octanol–water partition coefficient (Wildman–Crippen LogP) is 2.41. The Morgan fingerprint density at radius 2 is 2.06 bits per heavy atom. The molecule has 0 aromatic carbocycles. The Kier molecular flexibility index (Phi) is 4.73. The van der Waals surface area contributed by atoms with Gasteiger partial charge in [0, 0.05) is 25.3 Å². The van der Waals surface area contributed by atoms with Gasteiger partial charge in [-0.25, -0.2) is 0 Å². The summed E-state index contributed by atoms with van der Waals surface area (Å²) in [5, 5.41) is 4.15. The molecule has 4 heteroatoms. The first kappa shape index (κ1) is 13.7. The van der Waals surface area contributed by atoms with Crippen molar-refractivity contribution in [3.8, 4) is 0 Å². The molecular formula is C13H23N3O. The molecule has 1 rings (SSSR count). The standard InChI is InChI=1S/C13H23N3O/c1-6-15-9-12(8-14-15)13(17)16(7-2)11(5)10(3)4/h8-11H,6-7H2,1-5H3. The number of carbonyl (C=O) groups excluding carboxylic acids is 1. The third-order valence-electron chi connectivity index (χ3n) is 3.26.